The molecule has 0 aromatic carbocycles. The van der Waals surface area contributed by atoms with Crippen LogP contribution in [0.4, 0.5) is 0 Å². The van der Waals surface area contributed by atoms with E-state index in [0.717, 1.165) is 11.3 Å². The van der Waals surface area contributed by atoms with Crippen molar-refractivity contribution in [2.45, 2.75) is 32.8 Å². The number of hydrogen-bond acceptors (Lipinski definition) is 3. The Morgan fingerprint density at radius 2 is 2.24 bits per heavy atom. The molecule has 1 unspecified atom stereocenters. The van der Waals surface area contributed by atoms with Gasteiger partial charge in [-0.25, -0.2) is 0 Å². The zero-order valence-corrected chi connectivity index (χ0v) is 10.7. The van der Waals surface area contributed by atoms with Crippen LogP contribution in [0, 0.1) is 6.92 Å². The minimum atomic E-state index is -0.369. The normalized spacial score (nSPS) is 12.2. The third-order valence-electron chi connectivity index (χ3n) is 2.64. The fraction of sp³-hybridized carbons (Fsp3) is 0.538. The molecule has 1 atom stereocenters. The number of aromatic nitrogens is 1. The lowest BCUT2D eigenvalue weighted by Crippen LogP contribution is -2.30. The monoisotopic (exact) mass is 236 g/mol. The highest BCUT2D eigenvalue weighted by atomic mass is 16.3. The van der Waals surface area contributed by atoms with E-state index in [1.807, 2.05) is 19.1 Å². The summed E-state index contributed by atoms with van der Waals surface area (Å²) < 4.78 is 0. The Hall–Kier alpha value is -1.42. The first-order valence-electron chi connectivity index (χ1n) is 5.82. The maximum absolute atomic E-state index is 11.8. The molecule has 1 aromatic rings. The molecule has 0 spiro atoms. The van der Waals surface area contributed by atoms with E-state index < -0.39 is 0 Å². The van der Waals surface area contributed by atoms with Gasteiger partial charge in [0.05, 0.1) is 12.5 Å². The lowest BCUT2D eigenvalue weighted by molar-refractivity contribution is -0.129. The summed E-state index contributed by atoms with van der Waals surface area (Å²) in [5, 5.41) is 9.16. The molecule has 0 aliphatic rings. The van der Waals surface area contributed by atoms with Gasteiger partial charge in [0.15, 0.2) is 0 Å². The molecule has 0 radical (unpaired) electrons. The largest absolute Gasteiger partial charge is 0.393 e. The van der Waals surface area contributed by atoms with Gasteiger partial charge in [-0.1, -0.05) is 6.07 Å². The van der Waals surface area contributed by atoms with Crippen molar-refractivity contribution in [1.29, 1.82) is 0 Å². The zero-order valence-electron chi connectivity index (χ0n) is 10.7. The third kappa shape index (κ3) is 4.95. The number of aliphatic hydroxyl groups is 1. The van der Waals surface area contributed by atoms with Crippen LogP contribution in [0.2, 0.25) is 0 Å². The number of rotatable bonds is 5. The van der Waals surface area contributed by atoms with Crippen LogP contribution in [0.3, 0.4) is 0 Å². The molecule has 4 nitrogen and oxygen atoms in total. The molecule has 17 heavy (non-hydrogen) atoms. The van der Waals surface area contributed by atoms with E-state index in [0.29, 0.717) is 19.4 Å². The van der Waals surface area contributed by atoms with Crippen LogP contribution in [0.25, 0.3) is 0 Å². The van der Waals surface area contributed by atoms with E-state index in [1.54, 1.807) is 25.1 Å². The molecular formula is C13H20N2O2. The molecule has 1 rings (SSSR count). The highest BCUT2D eigenvalue weighted by molar-refractivity contribution is 5.78. The smallest absolute Gasteiger partial charge is 0.226 e. The van der Waals surface area contributed by atoms with E-state index in [-0.39, 0.29) is 12.0 Å². The highest BCUT2D eigenvalue weighted by Crippen LogP contribution is 2.03. The standard InChI is InChI=1S/C13H20N2O2/c1-10-4-5-12(9-14-10)8-13(17)15(3)7-6-11(2)16/h4-5,9,11,16H,6-8H2,1-3H3. The van der Waals surface area contributed by atoms with Gasteiger partial charge in [0.25, 0.3) is 0 Å². The molecule has 0 aliphatic carbocycles. The molecule has 1 N–H and O–H groups in total. The Kier molecular flexibility index (Phi) is 5.10. The zero-order chi connectivity index (χ0) is 12.8. The molecule has 1 amide bonds. The minimum Gasteiger partial charge on any atom is -0.393 e. The number of hydrogen-bond donors (Lipinski definition) is 1. The first-order valence-corrected chi connectivity index (χ1v) is 5.82. The summed E-state index contributed by atoms with van der Waals surface area (Å²) >= 11 is 0. The number of aliphatic hydroxyl groups excluding tert-OH is 1. The van der Waals surface area contributed by atoms with Gasteiger partial charge in [0, 0.05) is 25.5 Å². The van der Waals surface area contributed by atoms with Crippen molar-refractivity contribution in [3.8, 4) is 0 Å². The summed E-state index contributed by atoms with van der Waals surface area (Å²) in [5.41, 5.74) is 1.87. The number of nitrogens with zero attached hydrogens (tertiary/aromatic N) is 2. The van der Waals surface area contributed by atoms with E-state index in [9.17, 15) is 4.79 Å². The van der Waals surface area contributed by atoms with Crippen molar-refractivity contribution in [2.24, 2.45) is 0 Å². The van der Waals surface area contributed by atoms with E-state index in [4.69, 9.17) is 5.11 Å². The second-order valence-corrected chi connectivity index (χ2v) is 4.44. The first-order chi connectivity index (χ1) is 7.99. The van der Waals surface area contributed by atoms with Gasteiger partial charge in [-0.3, -0.25) is 9.78 Å². The molecule has 0 saturated carbocycles. The van der Waals surface area contributed by atoms with Crippen LogP contribution in [0.1, 0.15) is 24.6 Å². The average Bonchev–Trinajstić information content (AvgIpc) is 2.28. The van der Waals surface area contributed by atoms with Crippen molar-refractivity contribution in [3.63, 3.8) is 0 Å². The molecule has 4 heteroatoms. The van der Waals surface area contributed by atoms with Crippen molar-refractivity contribution in [3.05, 3.63) is 29.6 Å². The summed E-state index contributed by atoms with van der Waals surface area (Å²) in [6.45, 7) is 4.22. The number of aryl methyl sites for hydroxylation is 1. The predicted molar refractivity (Wildman–Crippen MR) is 66.6 cm³/mol. The second kappa shape index (κ2) is 6.35. The Morgan fingerprint density at radius 3 is 2.76 bits per heavy atom. The molecule has 1 aromatic heterocycles. The molecule has 0 fully saturated rings. The highest BCUT2D eigenvalue weighted by Gasteiger charge is 2.10. The van der Waals surface area contributed by atoms with E-state index in [1.165, 1.54) is 0 Å². The van der Waals surface area contributed by atoms with Crippen LogP contribution < -0.4 is 0 Å². The van der Waals surface area contributed by atoms with Crippen molar-refractivity contribution in [2.75, 3.05) is 13.6 Å². The van der Waals surface area contributed by atoms with Gasteiger partial charge in [-0.05, 0) is 31.9 Å². The lowest BCUT2D eigenvalue weighted by Gasteiger charge is -2.17. The summed E-state index contributed by atoms with van der Waals surface area (Å²) in [6, 6.07) is 3.82. The number of likely N-dealkylation sites (N-methyl/N-ethyl adjacent to an activating group) is 1. The Bertz CT molecular complexity index is 360. The summed E-state index contributed by atoms with van der Waals surface area (Å²) in [4.78, 5) is 17.6. The molecule has 0 bridgehead atoms. The molecular weight excluding hydrogens is 216 g/mol. The molecule has 0 aliphatic heterocycles. The van der Waals surface area contributed by atoms with Crippen molar-refractivity contribution in [1.82, 2.24) is 9.88 Å². The summed E-state index contributed by atoms with van der Waals surface area (Å²) in [7, 11) is 1.76. The van der Waals surface area contributed by atoms with E-state index in [2.05, 4.69) is 4.98 Å². The van der Waals surface area contributed by atoms with Crippen LogP contribution in [-0.4, -0.2) is 40.6 Å². The summed E-state index contributed by atoms with van der Waals surface area (Å²) in [5.74, 6) is 0.0521. The SMILES string of the molecule is Cc1ccc(CC(=O)N(C)CCC(C)O)cn1. The fourth-order valence-corrected chi connectivity index (χ4v) is 1.42. The maximum Gasteiger partial charge on any atom is 0.226 e. The van der Waals surface area contributed by atoms with Gasteiger partial charge in [-0.15, -0.1) is 0 Å². The van der Waals surface area contributed by atoms with Gasteiger partial charge in [0.2, 0.25) is 5.91 Å². The fourth-order valence-electron chi connectivity index (χ4n) is 1.42. The average molecular weight is 236 g/mol. The van der Waals surface area contributed by atoms with E-state index >= 15 is 0 Å². The third-order valence-corrected chi connectivity index (χ3v) is 2.64. The maximum atomic E-state index is 11.8. The number of carbonyl (C=O) groups is 1. The number of pyridine rings is 1. The van der Waals surface area contributed by atoms with Crippen LogP contribution in [0.5, 0.6) is 0 Å². The molecule has 0 saturated heterocycles. The first kappa shape index (κ1) is 13.6. The van der Waals surface area contributed by atoms with Gasteiger partial charge in [0.1, 0.15) is 0 Å². The number of carbonyl (C=O) groups excluding carboxylic acids is 1. The van der Waals surface area contributed by atoms with Gasteiger partial charge >= 0.3 is 0 Å². The quantitative estimate of drug-likeness (QED) is 0.834. The van der Waals surface area contributed by atoms with Crippen LogP contribution in [-0.2, 0) is 11.2 Å². The predicted octanol–water partition coefficient (Wildman–Crippen LogP) is 1.16. The van der Waals surface area contributed by atoms with Crippen LogP contribution >= 0.6 is 0 Å². The Morgan fingerprint density at radius 1 is 1.53 bits per heavy atom. The van der Waals surface area contributed by atoms with Crippen LogP contribution in [0.15, 0.2) is 18.3 Å². The van der Waals surface area contributed by atoms with Crippen molar-refractivity contribution < 1.29 is 9.90 Å². The lowest BCUT2D eigenvalue weighted by atomic mass is 10.2. The molecule has 94 valence electrons. The number of amides is 1. The summed E-state index contributed by atoms with van der Waals surface area (Å²) in [6.07, 6.45) is 2.33. The van der Waals surface area contributed by atoms with Crippen molar-refractivity contribution >= 4 is 5.91 Å². The Balaban J connectivity index is 2.45. The minimum absolute atomic E-state index is 0.0521. The molecule has 1 heterocycles. The second-order valence-electron chi connectivity index (χ2n) is 4.44. The topological polar surface area (TPSA) is 53.4 Å². The van der Waals surface area contributed by atoms with Gasteiger partial charge < -0.3 is 10.0 Å². The Labute approximate surface area is 102 Å². The van der Waals surface area contributed by atoms with Gasteiger partial charge in [-0.2, -0.15) is 0 Å².